The van der Waals surface area contributed by atoms with Crippen LogP contribution in [0.25, 0.3) is 53.1 Å². The van der Waals surface area contributed by atoms with E-state index in [0.29, 0.717) is 0 Å². The van der Waals surface area contributed by atoms with E-state index in [1.54, 1.807) is 11.3 Å². The predicted molar refractivity (Wildman–Crippen MR) is 216 cm³/mol. The molecule has 0 aliphatic heterocycles. The van der Waals surface area contributed by atoms with E-state index in [1.807, 2.05) is 34.0 Å². The number of aryl methyl sites for hydroxylation is 3. The summed E-state index contributed by atoms with van der Waals surface area (Å²) in [6.45, 7) is 6.85. The third-order valence-corrected chi connectivity index (χ3v) is 13.1. The summed E-state index contributed by atoms with van der Waals surface area (Å²) in [5, 5.41) is 9.24. The van der Waals surface area contributed by atoms with Crippen LogP contribution in [0.3, 0.4) is 0 Å². The number of thiophene rings is 4. The van der Waals surface area contributed by atoms with Crippen molar-refractivity contribution in [3.63, 3.8) is 0 Å². The summed E-state index contributed by atoms with van der Waals surface area (Å²) in [4.78, 5) is 16.3. The van der Waals surface area contributed by atoms with E-state index in [9.17, 15) is 0 Å². The molecule has 6 aromatic rings. The van der Waals surface area contributed by atoms with E-state index in [0.717, 1.165) is 41.7 Å². The molecule has 0 aliphatic carbocycles. The molecule has 48 heavy (non-hydrogen) atoms. The molecule has 0 unspecified atom stereocenters. The Morgan fingerprint density at radius 3 is 1.33 bits per heavy atom. The zero-order valence-electron chi connectivity index (χ0n) is 29.0. The molecule has 0 amide bonds. The minimum absolute atomic E-state index is 1.01. The molecule has 0 bridgehead atoms. The molecule has 0 aliphatic rings. The molecule has 0 radical (unpaired) electrons. The Kier molecular flexibility index (Phi) is 13.1. The third-order valence-electron chi connectivity index (χ3n) is 9.26. The lowest BCUT2D eigenvalue weighted by molar-refractivity contribution is 0.667. The summed E-state index contributed by atoms with van der Waals surface area (Å²) in [5.41, 5.74) is 10.8. The van der Waals surface area contributed by atoms with Crippen LogP contribution in [0.2, 0.25) is 0 Å². The molecule has 0 N–H and O–H groups in total. The predicted octanol–water partition coefficient (Wildman–Crippen LogP) is 14.9. The molecule has 1 aromatic carbocycles. The van der Waals surface area contributed by atoms with Gasteiger partial charge in [0, 0.05) is 20.9 Å². The monoisotopic (exact) mass is 710 g/mol. The minimum Gasteiger partial charge on any atom is -0.242 e. The van der Waals surface area contributed by atoms with Crippen molar-refractivity contribution in [2.45, 2.75) is 117 Å². The van der Waals surface area contributed by atoms with Gasteiger partial charge < -0.3 is 0 Å². The number of aromatic nitrogens is 2. The van der Waals surface area contributed by atoms with Crippen LogP contribution >= 0.6 is 45.3 Å². The van der Waals surface area contributed by atoms with Crippen LogP contribution in [0.15, 0.2) is 64.0 Å². The van der Waals surface area contributed by atoms with Crippen molar-refractivity contribution >= 4 is 56.4 Å². The summed E-state index contributed by atoms with van der Waals surface area (Å²) in [5.74, 6) is 0. The van der Waals surface area contributed by atoms with Gasteiger partial charge in [0.15, 0.2) is 0 Å². The van der Waals surface area contributed by atoms with Crippen molar-refractivity contribution in [1.29, 1.82) is 0 Å². The van der Waals surface area contributed by atoms with Gasteiger partial charge in [0.25, 0.3) is 0 Å². The summed E-state index contributed by atoms with van der Waals surface area (Å²) < 4.78 is 0. The van der Waals surface area contributed by atoms with E-state index in [-0.39, 0.29) is 0 Å². The van der Waals surface area contributed by atoms with Gasteiger partial charge in [-0.25, -0.2) is 9.97 Å². The zero-order chi connectivity index (χ0) is 33.1. The van der Waals surface area contributed by atoms with Crippen LogP contribution in [-0.4, -0.2) is 9.97 Å². The number of nitrogens with zero attached hydrogens (tertiary/aromatic N) is 2. The molecule has 5 aromatic heterocycles. The Labute approximate surface area is 304 Å². The third kappa shape index (κ3) is 8.74. The Hall–Kier alpha value is -2.64. The standard InChI is InChI=1S/C42H50N2S4/c1-4-7-10-13-17-30-24-36(46-27-30)34-22-21-33(35-20-16-23-45-35)39-40(34)44-42(38-26-32(29-48-38)19-15-12-9-6-3)41(43-39)37-25-31(28-47-37)18-14-11-8-5-2/h16,20-29H,4-15,17-19H2,1-3H3. The topological polar surface area (TPSA) is 25.8 Å². The molecule has 5 heterocycles. The Balaban J connectivity index is 1.45. The first-order chi connectivity index (χ1) is 23.7. The maximum Gasteiger partial charge on any atom is 0.108 e. The van der Waals surface area contributed by atoms with E-state index in [1.165, 1.54) is 124 Å². The normalized spacial score (nSPS) is 11.6. The van der Waals surface area contributed by atoms with Gasteiger partial charge in [-0.3, -0.25) is 0 Å². The van der Waals surface area contributed by atoms with Crippen LogP contribution in [-0.2, 0) is 19.3 Å². The smallest absolute Gasteiger partial charge is 0.108 e. The van der Waals surface area contributed by atoms with Gasteiger partial charge in [0.2, 0.25) is 0 Å². The van der Waals surface area contributed by atoms with Gasteiger partial charge in [-0.05, 0) is 101 Å². The highest BCUT2D eigenvalue weighted by Crippen LogP contribution is 2.43. The summed E-state index contributed by atoms with van der Waals surface area (Å²) in [6.07, 6.45) is 18.9. The van der Waals surface area contributed by atoms with Gasteiger partial charge >= 0.3 is 0 Å². The molecule has 6 rings (SSSR count). The van der Waals surface area contributed by atoms with Crippen LogP contribution in [0.4, 0.5) is 0 Å². The van der Waals surface area contributed by atoms with Gasteiger partial charge in [0.05, 0.1) is 20.8 Å². The summed E-state index contributed by atoms with van der Waals surface area (Å²) in [6, 6.07) is 16.2. The molecule has 6 heteroatoms. The molecule has 0 atom stereocenters. The van der Waals surface area contributed by atoms with E-state index in [2.05, 4.69) is 84.8 Å². The van der Waals surface area contributed by atoms with Crippen LogP contribution in [0.5, 0.6) is 0 Å². The highest BCUT2D eigenvalue weighted by Gasteiger charge is 2.22. The maximum absolute atomic E-state index is 5.65. The lowest BCUT2D eigenvalue weighted by Crippen LogP contribution is -1.97. The number of hydrogen-bond acceptors (Lipinski definition) is 6. The molecule has 252 valence electrons. The average molecular weight is 711 g/mol. The number of hydrogen-bond donors (Lipinski definition) is 0. The fourth-order valence-electron chi connectivity index (χ4n) is 6.49. The average Bonchev–Trinajstić information content (AvgIpc) is 3.94. The first-order valence-corrected chi connectivity index (χ1v) is 21.8. The van der Waals surface area contributed by atoms with Crippen molar-refractivity contribution in [1.82, 2.24) is 9.97 Å². The number of benzene rings is 1. The van der Waals surface area contributed by atoms with Gasteiger partial charge in [-0.2, -0.15) is 0 Å². The number of rotatable bonds is 19. The Morgan fingerprint density at radius 1 is 0.458 bits per heavy atom. The highest BCUT2D eigenvalue weighted by atomic mass is 32.1. The summed E-state index contributed by atoms with van der Waals surface area (Å²) >= 11 is 7.31. The molecular formula is C42H50N2S4. The first-order valence-electron chi connectivity index (χ1n) is 18.3. The van der Waals surface area contributed by atoms with Crippen LogP contribution in [0, 0.1) is 0 Å². The van der Waals surface area contributed by atoms with Crippen LogP contribution in [0.1, 0.15) is 115 Å². The van der Waals surface area contributed by atoms with Crippen molar-refractivity contribution < 1.29 is 0 Å². The van der Waals surface area contributed by atoms with Gasteiger partial charge in [-0.1, -0.05) is 96.8 Å². The molecule has 0 saturated carbocycles. The second kappa shape index (κ2) is 17.8. The van der Waals surface area contributed by atoms with Crippen molar-refractivity contribution in [3.05, 3.63) is 80.7 Å². The maximum atomic E-state index is 5.65. The zero-order valence-corrected chi connectivity index (χ0v) is 32.3. The first kappa shape index (κ1) is 35.2. The van der Waals surface area contributed by atoms with Crippen molar-refractivity contribution in [2.24, 2.45) is 0 Å². The minimum atomic E-state index is 1.01. The number of fused-ring (bicyclic) bond motifs is 1. The molecule has 0 fully saturated rings. The quantitative estimate of drug-likeness (QED) is 0.0782. The molecule has 0 spiro atoms. The lowest BCUT2D eigenvalue weighted by atomic mass is 10.0. The second-order valence-corrected chi connectivity index (χ2v) is 16.8. The number of unbranched alkanes of at least 4 members (excludes halogenated alkanes) is 9. The molecular weight excluding hydrogens is 661 g/mol. The summed E-state index contributed by atoms with van der Waals surface area (Å²) in [7, 11) is 0. The van der Waals surface area contributed by atoms with E-state index in [4.69, 9.17) is 9.97 Å². The lowest BCUT2D eigenvalue weighted by Gasteiger charge is -2.13. The fraction of sp³-hybridized carbons (Fsp3) is 0.429. The molecule has 0 saturated heterocycles. The fourth-order valence-corrected chi connectivity index (χ4v) is 10.1. The van der Waals surface area contributed by atoms with Gasteiger partial charge in [0.1, 0.15) is 11.4 Å². The Bertz CT molecular complexity index is 1860. The second-order valence-electron chi connectivity index (χ2n) is 13.1. The largest absolute Gasteiger partial charge is 0.242 e. The Morgan fingerprint density at radius 2 is 0.896 bits per heavy atom. The van der Waals surface area contributed by atoms with Gasteiger partial charge in [-0.15, -0.1) is 45.3 Å². The molecule has 2 nitrogen and oxygen atoms in total. The van der Waals surface area contributed by atoms with E-state index >= 15 is 0 Å². The highest BCUT2D eigenvalue weighted by molar-refractivity contribution is 7.15. The van der Waals surface area contributed by atoms with Crippen LogP contribution < -0.4 is 0 Å². The van der Waals surface area contributed by atoms with Crippen molar-refractivity contribution in [3.8, 4) is 42.0 Å². The SMILES string of the molecule is CCCCCCc1csc(-c2nc3c(-c4cccs4)ccc(-c4cc(CCCCCC)cs4)c3nc2-c2cc(CCCCCC)cs2)c1. The van der Waals surface area contributed by atoms with Crippen molar-refractivity contribution in [2.75, 3.05) is 0 Å². The van der Waals surface area contributed by atoms with E-state index < -0.39 is 0 Å².